The third-order valence-electron chi connectivity index (χ3n) is 5.17. The van der Waals surface area contributed by atoms with Crippen LogP contribution >= 0.6 is 11.3 Å². The highest BCUT2D eigenvalue weighted by molar-refractivity contribution is 7.18. The van der Waals surface area contributed by atoms with E-state index in [9.17, 15) is 4.79 Å². The Labute approximate surface area is 163 Å². The molecular weight excluding hydrogens is 356 g/mol. The molecule has 3 aromatic rings. The van der Waals surface area contributed by atoms with E-state index in [2.05, 4.69) is 6.07 Å². The minimum Gasteiger partial charge on any atom is -0.483 e. The molecule has 4 nitrogen and oxygen atoms in total. The van der Waals surface area contributed by atoms with E-state index in [-0.39, 0.29) is 18.6 Å². The monoisotopic (exact) mass is 380 g/mol. The van der Waals surface area contributed by atoms with Crippen LogP contribution in [0.25, 0.3) is 10.2 Å². The Hall–Kier alpha value is -2.40. The number of amides is 1. The van der Waals surface area contributed by atoms with Gasteiger partial charge in [0, 0.05) is 6.54 Å². The summed E-state index contributed by atoms with van der Waals surface area (Å²) in [7, 11) is 0. The predicted molar refractivity (Wildman–Crippen MR) is 109 cm³/mol. The van der Waals surface area contributed by atoms with Gasteiger partial charge in [-0.15, -0.1) is 11.3 Å². The lowest BCUT2D eigenvalue weighted by atomic mass is 10.0. The number of aryl methyl sites for hydroxylation is 2. The topological polar surface area (TPSA) is 42.4 Å². The van der Waals surface area contributed by atoms with Gasteiger partial charge in [-0.3, -0.25) is 4.79 Å². The lowest BCUT2D eigenvalue weighted by Crippen LogP contribution is -2.41. The van der Waals surface area contributed by atoms with E-state index in [4.69, 9.17) is 9.72 Å². The number of aromatic nitrogens is 1. The molecule has 1 fully saturated rings. The highest BCUT2D eigenvalue weighted by Gasteiger charge is 2.30. The molecule has 1 saturated heterocycles. The molecule has 1 aliphatic rings. The molecule has 0 unspecified atom stereocenters. The molecule has 2 aromatic carbocycles. The van der Waals surface area contributed by atoms with Crippen molar-refractivity contribution in [3.05, 3.63) is 58.6 Å². The van der Waals surface area contributed by atoms with Gasteiger partial charge in [0.2, 0.25) is 0 Å². The van der Waals surface area contributed by atoms with Gasteiger partial charge in [-0.25, -0.2) is 4.98 Å². The second-order valence-corrected chi connectivity index (χ2v) is 8.19. The fraction of sp³-hybridized carbons (Fsp3) is 0.364. The van der Waals surface area contributed by atoms with Crippen LogP contribution in [0.2, 0.25) is 0 Å². The molecule has 1 amide bonds. The Kier molecular flexibility index (Phi) is 5.12. The summed E-state index contributed by atoms with van der Waals surface area (Å²) in [6.45, 7) is 4.87. The van der Waals surface area contributed by atoms with Crippen molar-refractivity contribution in [1.29, 1.82) is 0 Å². The van der Waals surface area contributed by atoms with Crippen LogP contribution in [0.3, 0.4) is 0 Å². The summed E-state index contributed by atoms with van der Waals surface area (Å²) in [6.07, 6.45) is 3.13. The number of thiazole rings is 1. The standard InChI is InChI=1S/C22H24N2O2S/c1-15-8-7-9-16(2)21(15)26-14-20(25)24-13-6-5-11-18(24)22-23-17-10-3-4-12-19(17)27-22/h3-4,7-10,12,18H,5-6,11,13-14H2,1-2H3/t18-/m1/s1. The molecule has 140 valence electrons. The Bertz CT molecular complexity index is 913. The first-order valence-electron chi connectivity index (χ1n) is 9.47. The maximum absolute atomic E-state index is 13.0. The molecule has 27 heavy (non-hydrogen) atoms. The highest BCUT2D eigenvalue weighted by Crippen LogP contribution is 2.35. The van der Waals surface area contributed by atoms with Gasteiger partial charge in [-0.2, -0.15) is 0 Å². The van der Waals surface area contributed by atoms with E-state index in [0.29, 0.717) is 0 Å². The summed E-state index contributed by atoms with van der Waals surface area (Å²) in [4.78, 5) is 19.7. The molecule has 0 spiro atoms. The Balaban J connectivity index is 1.52. The molecule has 1 atom stereocenters. The largest absolute Gasteiger partial charge is 0.483 e. The van der Waals surface area contributed by atoms with Crippen molar-refractivity contribution in [2.45, 2.75) is 39.2 Å². The molecule has 1 aliphatic heterocycles. The molecule has 0 N–H and O–H groups in total. The number of hydrogen-bond acceptors (Lipinski definition) is 4. The van der Waals surface area contributed by atoms with E-state index < -0.39 is 0 Å². The van der Waals surface area contributed by atoms with E-state index in [1.165, 1.54) is 4.70 Å². The zero-order chi connectivity index (χ0) is 18.8. The Morgan fingerprint density at radius 3 is 2.70 bits per heavy atom. The number of ether oxygens (including phenoxy) is 1. The number of fused-ring (bicyclic) bond motifs is 1. The Morgan fingerprint density at radius 1 is 1.15 bits per heavy atom. The van der Waals surface area contributed by atoms with E-state index in [1.807, 2.05) is 55.1 Å². The molecule has 4 rings (SSSR count). The van der Waals surface area contributed by atoms with Crippen molar-refractivity contribution in [2.75, 3.05) is 13.2 Å². The maximum Gasteiger partial charge on any atom is 0.261 e. The molecule has 0 radical (unpaired) electrons. The van der Waals surface area contributed by atoms with E-state index in [1.54, 1.807) is 11.3 Å². The normalized spacial score (nSPS) is 17.3. The van der Waals surface area contributed by atoms with Crippen molar-refractivity contribution in [1.82, 2.24) is 9.88 Å². The number of carbonyl (C=O) groups is 1. The van der Waals surface area contributed by atoms with Crippen LogP contribution < -0.4 is 4.74 Å². The minimum absolute atomic E-state index is 0.0432. The summed E-state index contributed by atoms with van der Waals surface area (Å²) >= 11 is 1.70. The number of hydrogen-bond donors (Lipinski definition) is 0. The van der Waals surface area contributed by atoms with Crippen LogP contribution in [-0.4, -0.2) is 28.9 Å². The second kappa shape index (κ2) is 7.69. The van der Waals surface area contributed by atoms with E-state index >= 15 is 0 Å². The Morgan fingerprint density at radius 2 is 1.93 bits per heavy atom. The van der Waals surface area contributed by atoms with Crippen LogP contribution in [0.5, 0.6) is 5.75 Å². The first-order valence-corrected chi connectivity index (χ1v) is 10.3. The third kappa shape index (κ3) is 3.69. The van der Waals surface area contributed by atoms with Gasteiger partial charge >= 0.3 is 0 Å². The van der Waals surface area contributed by atoms with Crippen LogP contribution in [0, 0.1) is 13.8 Å². The number of carbonyl (C=O) groups excluding carboxylic acids is 1. The maximum atomic E-state index is 13.0. The SMILES string of the molecule is Cc1cccc(C)c1OCC(=O)N1CCCC[C@@H]1c1nc2ccccc2s1. The first kappa shape index (κ1) is 18.0. The number of rotatable bonds is 4. The molecule has 0 bridgehead atoms. The van der Waals surface area contributed by atoms with Crippen LogP contribution in [0.15, 0.2) is 42.5 Å². The second-order valence-electron chi connectivity index (χ2n) is 7.13. The van der Waals surface area contributed by atoms with Gasteiger partial charge in [-0.05, 0) is 56.4 Å². The van der Waals surface area contributed by atoms with E-state index in [0.717, 1.165) is 53.2 Å². The van der Waals surface area contributed by atoms with Crippen LogP contribution in [-0.2, 0) is 4.79 Å². The molecule has 1 aromatic heterocycles. The molecular formula is C22H24N2O2S. The fourth-order valence-corrected chi connectivity index (χ4v) is 4.88. The summed E-state index contributed by atoms with van der Waals surface area (Å²) in [5, 5.41) is 1.04. The summed E-state index contributed by atoms with van der Waals surface area (Å²) < 4.78 is 7.10. The lowest BCUT2D eigenvalue weighted by Gasteiger charge is -2.34. The van der Waals surface area contributed by atoms with Crippen molar-refractivity contribution < 1.29 is 9.53 Å². The van der Waals surface area contributed by atoms with Gasteiger partial charge in [0.05, 0.1) is 16.3 Å². The number of piperidine rings is 1. The van der Waals surface area contributed by atoms with Crippen molar-refractivity contribution >= 4 is 27.5 Å². The van der Waals surface area contributed by atoms with Crippen LogP contribution in [0.1, 0.15) is 41.4 Å². The zero-order valence-corrected chi connectivity index (χ0v) is 16.6. The number of para-hydroxylation sites is 2. The number of benzene rings is 2. The predicted octanol–water partition coefficient (Wildman–Crippen LogP) is 5.05. The average Bonchev–Trinajstić information content (AvgIpc) is 3.11. The van der Waals surface area contributed by atoms with Crippen LogP contribution in [0.4, 0.5) is 0 Å². The lowest BCUT2D eigenvalue weighted by molar-refractivity contribution is -0.137. The number of nitrogens with zero attached hydrogens (tertiary/aromatic N) is 2. The van der Waals surface area contributed by atoms with Gasteiger partial charge in [0.15, 0.2) is 6.61 Å². The van der Waals surface area contributed by atoms with Gasteiger partial charge in [-0.1, -0.05) is 30.3 Å². The number of likely N-dealkylation sites (tertiary alicyclic amines) is 1. The zero-order valence-electron chi connectivity index (χ0n) is 15.8. The third-order valence-corrected chi connectivity index (χ3v) is 6.31. The van der Waals surface area contributed by atoms with Crippen molar-refractivity contribution in [2.24, 2.45) is 0 Å². The molecule has 0 saturated carbocycles. The van der Waals surface area contributed by atoms with Crippen molar-refractivity contribution in [3.63, 3.8) is 0 Å². The minimum atomic E-state index is 0.0432. The van der Waals surface area contributed by atoms with Gasteiger partial charge < -0.3 is 9.64 Å². The highest BCUT2D eigenvalue weighted by atomic mass is 32.1. The average molecular weight is 381 g/mol. The quantitative estimate of drug-likeness (QED) is 0.636. The molecule has 0 aliphatic carbocycles. The summed E-state index contributed by atoms with van der Waals surface area (Å²) in [5.74, 6) is 0.862. The smallest absolute Gasteiger partial charge is 0.261 e. The molecule has 2 heterocycles. The first-order chi connectivity index (χ1) is 13.1. The molecule has 5 heteroatoms. The van der Waals surface area contributed by atoms with Crippen molar-refractivity contribution in [3.8, 4) is 5.75 Å². The van der Waals surface area contributed by atoms with Gasteiger partial charge in [0.25, 0.3) is 5.91 Å². The fourth-order valence-electron chi connectivity index (χ4n) is 3.76. The summed E-state index contributed by atoms with van der Waals surface area (Å²) in [6, 6.07) is 14.3. The van der Waals surface area contributed by atoms with Gasteiger partial charge in [0.1, 0.15) is 10.8 Å². The summed E-state index contributed by atoms with van der Waals surface area (Å²) in [5.41, 5.74) is 3.13.